The lowest BCUT2D eigenvalue weighted by atomic mass is 10.1. The van der Waals surface area contributed by atoms with Gasteiger partial charge in [0.1, 0.15) is 0 Å². The maximum absolute atomic E-state index is 10.5. The van der Waals surface area contributed by atoms with Crippen molar-refractivity contribution in [2.24, 2.45) is 0 Å². The third kappa shape index (κ3) is 1.47. The third-order valence-corrected chi connectivity index (χ3v) is 1.78. The van der Waals surface area contributed by atoms with Crippen molar-refractivity contribution >= 4 is 17.1 Å². The molecule has 1 aromatic carbocycles. The number of nitrogen functional groups attached to an aromatic ring is 1. The van der Waals surface area contributed by atoms with E-state index in [0.29, 0.717) is 5.56 Å². The number of nitrogens with two attached hydrogens (primary N) is 1. The van der Waals surface area contributed by atoms with Gasteiger partial charge in [-0.3, -0.25) is 20.2 Å². The Bertz CT molecular complexity index is 416. The molecule has 0 aromatic heterocycles. The largest absolute Gasteiger partial charge is 0.387 e. The summed E-state index contributed by atoms with van der Waals surface area (Å²) >= 11 is 0. The third-order valence-electron chi connectivity index (χ3n) is 1.78. The van der Waals surface area contributed by atoms with E-state index in [9.17, 15) is 20.2 Å². The first kappa shape index (κ1) is 9.90. The van der Waals surface area contributed by atoms with Crippen molar-refractivity contribution in [2.75, 3.05) is 5.73 Å². The zero-order valence-corrected chi connectivity index (χ0v) is 7.26. The Morgan fingerprint density at radius 1 is 1.21 bits per heavy atom. The van der Waals surface area contributed by atoms with Crippen LogP contribution in [0.15, 0.2) is 12.1 Å². The average molecular weight is 197 g/mol. The van der Waals surface area contributed by atoms with Gasteiger partial charge < -0.3 is 5.73 Å². The van der Waals surface area contributed by atoms with E-state index in [1.165, 1.54) is 13.0 Å². The minimum atomic E-state index is -0.748. The van der Waals surface area contributed by atoms with Crippen molar-refractivity contribution in [3.05, 3.63) is 37.9 Å². The highest BCUT2D eigenvalue weighted by atomic mass is 16.6. The SMILES string of the molecule is Cc1ccc([N+](=O)[O-])c(N)c1[N+](=O)[O-]. The standard InChI is InChI=1S/C7H7N3O4/c1-4-2-3-5(9(11)12)6(8)7(4)10(13)14/h2-3H,8H2,1H3. The van der Waals surface area contributed by atoms with Crippen LogP contribution in [0.25, 0.3) is 0 Å². The fourth-order valence-electron chi connectivity index (χ4n) is 1.11. The van der Waals surface area contributed by atoms with Crippen molar-refractivity contribution in [1.82, 2.24) is 0 Å². The van der Waals surface area contributed by atoms with E-state index < -0.39 is 26.9 Å². The number of hydrogen-bond donors (Lipinski definition) is 1. The molecule has 0 amide bonds. The summed E-state index contributed by atoms with van der Waals surface area (Å²) in [6, 6.07) is 2.45. The Labute approximate surface area is 78.4 Å². The highest BCUT2D eigenvalue weighted by Crippen LogP contribution is 2.33. The molecule has 7 heteroatoms. The van der Waals surface area contributed by atoms with Crippen LogP contribution in [0.3, 0.4) is 0 Å². The lowest BCUT2D eigenvalue weighted by Crippen LogP contribution is -2.02. The molecule has 1 rings (SSSR count). The van der Waals surface area contributed by atoms with Gasteiger partial charge in [-0.15, -0.1) is 0 Å². The highest BCUT2D eigenvalue weighted by Gasteiger charge is 2.24. The second-order valence-corrected chi connectivity index (χ2v) is 2.68. The summed E-state index contributed by atoms with van der Waals surface area (Å²) in [5, 5.41) is 20.9. The summed E-state index contributed by atoms with van der Waals surface area (Å²) in [4.78, 5) is 19.5. The van der Waals surface area contributed by atoms with E-state index in [1.54, 1.807) is 0 Å². The fraction of sp³-hybridized carbons (Fsp3) is 0.143. The average Bonchev–Trinajstić information content (AvgIpc) is 2.02. The monoisotopic (exact) mass is 197 g/mol. The number of nitro benzene ring substituents is 2. The molecule has 0 atom stereocenters. The van der Waals surface area contributed by atoms with Crippen LogP contribution in [-0.4, -0.2) is 9.85 Å². The number of nitrogens with zero attached hydrogens (tertiary/aromatic N) is 2. The van der Waals surface area contributed by atoms with Crippen molar-refractivity contribution in [3.8, 4) is 0 Å². The molecule has 0 spiro atoms. The molecule has 0 radical (unpaired) electrons. The first-order valence-corrected chi connectivity index (χ1v) is 3.63. The number of aryl methyl sites for hydroxylation is 1. The predicted octanol–water partition coefficient (Wildman–Crippen LogP) is 1.39. The zero-order valence-electron chi connectivity index (χ0n) is 7.26. The van der Waals surface area contributed by atoms with E-state index in [4.69, 9.17) is 5.73 Å². The topological polar surface area (TPSA) is 112 Å². The summed E-state index contributed by atoms with van der Waals surface area (Å²) in [5.41, 5.74) is 4.36. The van der Waals surface area contributed by atoms with Crippen molar-refractivity contribution in [2.45, 2.75) is 6.92 Å². The van der Waals surface area contributed by atoms with Gasteiger partial charge in [0.15, 0.2) is 5.69 Å². The van der Waals surface area contributed by atoms with Gasteiger partial charge in [-0.05, 0) is 13.0 Å². The predicted molar refractivity (Wildman–Crippen MR) is 48.9 cm³/mol. The van der Waals surface area contributed by atoms with E-state index >= 15 is 0 Å². The number of nitro groups is 2. The van der Waals surface area contributed by atoms with Crippen LogP contribution in [0.1, 0.15) is 5.56 Å². The first-order chi connectivity index (χ1) is 6.45. The van der Waals surface area contributed by atoms with Gasteiger partial charge in [-0.2, -0.15) is 0 Å². The molecule has 74 valence electrons. The fourth-order valence-corrected chi connectivity index (χ4v) is 1.11. The molecule has 0 aliphatic carbocycles. The Balaban J connectivity index is 3.49. The number of rotatable bonds is 2. The summed E-state index contributed by atoms with van der Waals surface area (Å²) in [6.45, 7) is 1.47. The van der Waals surface area contributed by atoms with Gasteiger partial charge in [0.25, 0.3) is 5.69 Å². The minimum Gasteiger partial charge on any atom is -0.387 e. The lowest BCUT2D eigenvalue weighted by molar-refractivity contribution is -0.392. The minimum absolute atomic E-state index is 0.304. The normalized spacial score (nSPS) is 9.79. The smallest absolute Gasteiger partial charge is 0.302 e. The molecule has 2 N–H and O–H groups in total. The Hall–Kier alpha value is -2.18. The molecule has 0 heterocycles. The summed E-state index contributed by atoms with van der Waals surface area (Å²) < 4.78 is 0. The number of anilines is 1. The molecular weight excluding hydrogens is 190 g/mol. The van der Waals surface area contributed by atoms with Crippen LogP contribution in [-0.2, 0) is 0 Å². The van der Waals surface area contributed by atoms with E-state index in [-0.39, 0.29) is 0 Å². The van der Waals surface area contributed by atoms with Gasteiger partial charge >= 0.3 is 5.69 Å². The lowest BCUT2D eigenvalue weighted by Gasteiger charge is -2.00. The summed E-state index contributed by atoms with van der Waals surface area (Å²) in [7, 11) is 0. The zero-order chi connectivity index (χ0) is 10.9. The second kappa shape index (κ2) is 3.29. The first-order valence-electron chi connectivity index (χ1n) is 3.63. The summed E-state index contributed by atoms with van der Waals surface area (Å²) in [5.74, 6) is 0. The van der Waals surface area contributed by atoms with Crippen LogP contribution in [0.5, 0.6) is 0 Å². The number of benzene rings is 1. The molecule has 14 heavy (non-hydrogen) atoms. The maximum Gasteiger partial charge on any atom is 0.302 e. The summed E-state index contributed by atoms with van der Waals surface area (Å²) in [6.07, 6.45) is 0. The second-order valence-electron chi connectivity index (χ2n) is 2.68. The number of hydrogen-bond acceptors (Lipinski definition) is 5. The van der Waals surface area contributed by atoms with Crippen molar-refractivity contribution < 1.29 is 9.85 Å². The molecule has 0 saturated carbocycles. The van der Waals surface area contributed by atoms with Crippen LogP contribution >= 0.6 is 0 Å². The molecule has 0 aliphatic rings. The molecule has 0 saturated heterocycles. The van der Waals surface area contributed by atoms with Crippen molar-refractivity contribution in [3.63, 3.8) is 0 Å². The van der Waals surface area contributed by atoms with Crippen LogP contribution < -0.4 is 5.73 Å². The molecule has 0 bridgehead atoms. The quantitative estimate of drug-likeness (QED) is 0.437. The van der Waals surface area contributed by atoms with Gasteiger partial charge in [0.2, 0.25) is 0 Å². The highest BCUT2D eigenvalue weighted by molar-refractivity contribution is 5.73. The molecule has 0 aliphatic heterocycles. The van der Waals surface area contributed by atoms with Gasteiger partial charge in [-0.1, -0.05) is 0 Å². The van der Waals surface area contributed by atoms with E-state index in [0.717, 1.165) is 6.07 Å². The van der Waals surface area contributed by atoms with E-state index in [2.05, 4.69) is 0 Å². The van der Waals surface area contributed by atoms with Gasteiger partial charge in [0.05, 0.1) is 9.85 Å². The van der Waals surface area contributed by atoms with Crippen molar-refractivity contribution in [1.29, 1.82) is 0 Å². The van der Waals surface area contributed by atoms with Gasteiger partial charge in [0, 0.05) is 11.6 Å². The molecule has 0 unspecified atom stereocenters. The maximum atomic E-state index is 10.5. The van der Waals surface area contributed by atoms with Gasteiger partial charge in [-0.25, -0.2) is 0 Å². The molecule has 1 aromatic rings. The Morgan fingerprint density at radius 2 is 1.79 bits per heavy atom. The Morgan fingerprint density at radius 3 is 2.21 bits per heavy atom. The molecular formula is C7H7N3O4. The Kier molecular flexibility index (Phi) is 2.32. The van der Waals surface area contributed by atoms with Crippen LogP contribution in [0.4, 0.5) is 17.1 Å². The van der Waals surface area contributed by atoms with E-state index in [1.807, 2.05) is 0 Å². The molecule has 0 fully saturated rings. The molecule has 7 nitrogen and oxygen atoms in total. The van der Waals surface area contributed by atoms with Crippen LogP contribution in [0.2, 0.25) is 0 Å². The van der Waals surface area contributed by atoms with Crippen LogP contribution in [0, 0.1) is 27.2 Å².